The molecule has 0 radical (unpaired) electrons. The van der Waals surface area contributed by atoms with Crippen LogP contribution in [-0.4, -0.2) is 9.76 Å². The fourth-order valence-corrected chi connectivity index (χ4v) is 1.36. The Hall–Kier alpha value is -0.800. The summed E-state index contributed by atoms with van der Waals surface area (Å²) < 4.78 is 0. The standard InChI is InChI=1S/C8H7Cl2NO2/c9-8(10)5-6-3-1-2-4-7(6)11(12)13/h1-4,8H,5H2. The molecule has 0 aliphatic rings. The number of nitro groups is 1. The lowest BCUT2D eigenvalue weighted by Gasteiger charge is -2.01. The van der Waals surface area contributed by atoms with Gasteiger partial charge >= 0.3 is 0 Å². The van der Waals surface area contributed by atoms with E-state index in [0.717, 1.165) is 0 Å². The molecule has 0 fully saturated rings. The van der Waals surface area contributed by atoms with Gasteiger partial charge in [-0.2, -0.15) is 0 Å². The van der Waals surface area contributed by atoms with E-state index in [2.05, 4.69) is 0 Å². The molecule has 0 heterocycles. The van der Waals surface area contributed by atoms with Gasteiger partial charge in [0, 0.05) is 18.1 Å². The highest BCUT2D eigenvalue weighted by atomic mass is 35.5. The summed E-state index contributed by atoms with van der Waals surface area (Å²) in [6.45, 7) is 0. The first-order valence-corrected chi connectivity index (χ1v) is 4.49. The van der Waals surface area contributed by atoms with Crippen molar-refractivity contribution in [1.29, 1.82) is 0 Å². The molecule has 3 nitrogen and oxygen atoms in total. The highest BCUT2D eigenvalue weighted by molar-refractivity contribution is 6.44. The fraction of sp³-hybridized carbons (Fsp3) is 0.250. The summed E-state index contributed by atoms with van der Waals surface area (Å²) in [5, 5.41) is 10.5. The van der Waals surface area contributed by atoms with Crippen LogP contribution in [0.1, 0.15) is 5.56 Å². The Kier molecular flexibility index (Phi) is 3.51. The van der Waals surface area contributed by atoms with Crippen molar-refractivity contribution >= 4 is 28.9 Å². The lowest BCUT2D eigenvalue weighted by Crippen LogP contribution is -1.99. The fourth-order valence-electron chi connectivity index (χ4n) is 1.03. The minimum Gasteiger partial charge on any atom is -0.258 e. The molecule has 70 valence electrons. The van der Waals surface area contributed by atoms with Crippen LogP contribution in [0.4, 0.5) is 5.69 Å². The van der Waals surface area contributed by atoms with Crippen LogP contribution in [0.2, 0.25) is 0 Å². The third-order valence-electron chi connectivity index (χ3n) is 1.56. The van der Waals surface area contributed by atoms with Gasteiger partial charge in [0.2, 0.25) is 0 Å². The molecule has 0 unspecified atom stereocenters. The van der Waals surface area contributed by atoms with E-state index in [4.69, 9.17) is 23.2 Å². The van der Waals surface area contributed by atoms with Gasteiger partial charge in [0.05, 0.1) is 4.92 Å². The highest BCUT2D eigenvalue weighted by Crippen LogP contribution is 2.21. The van der Waals surface area contributed by atoms with E-state index >= 15 is 0 Å². The van der Waals surface area contributed by atoms with E-state index in [-0.39, 0.29) is 5.69 Å². The summed E-state index contributed by atoms with van der Waals surface area (Å²) in [5.74, 6) is 0. The number of benzene rings is 1. The molecule has 0 saturated carbocycles. The minimum atomic E-state index is -0.610. The zero-order chi connectivity index (χ0) is 9.84. The summed E-state index contributed by atoms with van der Waals surface area (Å²) in [6, 6.07) is 6.42. The SMILES string of the molecule is O=[N+]([O-])c1ccccc1CC(Cl)Cl. The molecule has 0 atom stereocenters. The van der Waals surface area contributed by atoms with Gasteiger partial charge < -0.3 is 0 Å². The number of hydrogen-bond acceptors (Lipinski definition) is 2. The molecule has 1 aromatic carbocycles. The van der Waals surface area contributed by atoms with Crippen molar-refractivity contribution in [3.05, 3.63) is 39.9 Å². The van der Waals surface area contributed by atoms with Gasteiger partial charge in [-0.3, -0.25) is 10.1 Å². The number of halogens is 2. The molecule has 1 rings (SSSR count). The van der Waals surface area contributed by atoms with Gasteiger partial charge in [-0.25, -0.2) is 0 Å². The third-order valence-corrected chi connectivity index (χ3v) is 1.87. The molecule has 13 heavy (non-hydrogen) atoms. The molecular weight excluding hydrogens is 213 g/mol. The highest BCUT2D eigenvalue weighted by Gasteiger charge is 2.14. The molecular formula is C8H7Cl2NO2. The van der Waals surface area contributed by atoms with E-state index < -0.39 is 9.76 Å². The van der Waals surface area contributed by atoms with Gasteiger partial charge in [-0.1, -0.05) is 18.2 Å². The number of hydrogen-bond donors (Lipinski definition) is 0. The van der Waals surface area contributed by atoms with E-state index in [1.54, 1.807) is 18.2 Å². The minimum absolute atomic E-state index is 0.0637. The van der Waals surface area contributed by atoms with Crippen molar-refractivity contribution in [3.63, 3.8) is 0 Å². The Morgan fingerprint density at radius 3 is 2.54 bits per heavy atom. The van der Waals surface area contributed by atoms with Crippen LogP contribution in [0, 0.1) is 10.1 Å². The molecule has 0 spiro atoms. The molecule has 0 saturated heterocycles. The van der Waals surface area contributed by atoms with Crippen molar-refractivity contribution in [3.8, 4) is 0 Å². The molecule has 0 bridgehead atoms. The van der Waals surface area contributed by atoms with E-state index in [0.29, 0.717) is 12.0 Å². The number of alkyl halides is 2. The maximum Gasteiger partial charge on any atom is 0.272 e. The Morgan fingerprint density at radius 2 is 2.00 bits per heavy atom. The first-order valence-electron chi connectivity index (χ1n) is 3.61. The van der Waals surface area contributed by atoms with Crippen LogP contribution in [0.3, 0.4) is 0 Å². The normalized spacial score (nSPS) is 10.4. The van der Waals surface area contributed by atoms with Gasteiger partial charge in [0.1, 0.15) is 4.84 Å². The van der Waals surface area contributed by atoms with Crippen LogP contribution in [0.5, 0.6) is 0 Å². The van der Waals surface area contributed by atoms with Crippen LogP contribution in [-0.2, 0) is 6.42 Å². The third kappa shape index (κ3) is 2.86. The van der Waals surface area contributed by atoms with Crippen molar-refractivity contribution in [2.45, 2.75) is 11.3 Å². The van der Waals surface area contributed by atoms with Crippen LogP contribution in [0.25, 0.3) is 0 Å². The number of rotatable bonds is 3. The van der Waals surface area contributed by atoms with Crippen LogP contribution < -0.4 is 0 Å². The second-order valence-corrected chi connectivity index (χ2v) is 3.76. The molecule has 0 amide bonds. The Labute approximate surface area is 85.4 Å². The second-order valence-electron chi connectivity index (χ2n) is 2.48. The van der Waals surface area contributed by atoms with Crippen molar-refractivity contribution in [2.24, 2.45) is 0 Å². The number of nitro benzene ring substituents is 1. The maximum absolute atomic E-state index is 10.5. The predicted octanol–water partition coefficient (Wildman–Crippen LogP) is 2.94. The lowest BCUT2D eigenvalue weighted by atomic mass is 10.1. The second kappa shape index (κ2) is 4.44. The number of nitrogens with zero attached hydrogens (tertiary/aromatic N) is 1. The molecule has 0 aliphatic carbocycles. The summed E-state index contributed by atoms with van der Waals surface area (Å²) in [6.07, 6.45) is 0.292. The van der Waals surface area contributed by atoms with Crippen molar-refractivity contribution < 1.29 is 4.92 Å². The Balaban J connectivity index is 2.98. The van der Waals surface area contributed by atoms with Crippen LogP contribution >= 0.6 is 23.2 Å². The summed E-state index contributed by atoms with van der Waals surface area (Å²) >= 11 is 11.1. The number of para-hydroxylation sites is 1. The average Bonchev–Trinajstić information content (AvgIpc) is 2.03. The smallest absolute Gasteiger partial charge is 0.258 e. The Bertz CT molecular complexity index is 315. The molecule has 0 aliphatic heterocycles. The van der Waals surface area contributed by atoms with Crippen molar-refractivity contribution in [1.82, 2.24) is 0 Å². The first-order chi connectivity index (χ1) is 6.11. The first kappa shape index (κ1) is 10.3. The quantitative estimate of drug-likeness (QED) is 0.446. The molecule has 1 aromatic rings. The van der Waals surface area contributed by atoms with Gasteiger partial charge in [0.25, 0.3) is 5.69 Å². The van der Waals surface area contributed by atoms with E-state index in [1.807, 2.05) is 0 Å². The van der Waals surface area contributed by atoms with E-state index in [9.17, 15) is 10.1 Å². The van der Waals surface area contributed by atoms with Gasteiger partial charge in [-0.05, 0) is 0 Å². The predicted molar refractivity (Wildman–Crippen MR) is 52.3 cm³/mol. The van der Waals surface area contributed by atoms with Crippen LogP contribution in [0.15, 0.2) is 24.3 Å². The largest absolute Gasteiger partial charge is 0.272 e. The maximum atomic E-state index is 10.5. The van der Waals surface area contributed by atoms with E-state index in [1.165, 1.54) is 6.07 Å². The summed E-state index contributed by atoms with van der Waals surface area (Å²) in [7, 11) is 0. The lowest BCUT2D eigenvalue weighted by molar-refractivity contribution is -0.385. The van der Waals surface area contributed by atoms with Gasteiger partial charge in [-0.15, -0.1) is 23.2 Å². The average molecular weight is 220 g/mol. The monoisotopic (exact) mass is 219 g/mol. The summed E-state index contributed by atoms with van der Waals surface area (Å²) in [4.78, 5) is 9.47. The zero-order valence-electron chi connectivity index (χ0n) is 6.61. The zero-order valence-corrected chi connectivity index (χ0v) is 8.13. The van der Waals surface area contributed by atoms with Crippen molar-refractivity contribution in [2.75, 3.05) is 0 Å². The molecule has 0 N–H and O–H groups in total. The molecule has 5 heteroatoms. The topological polar surface area (TPSA) is 43.1 Å². The van der Waals surface area contributed by atoms with Gasteiger partial charge in [0.15, 0.2) is 0 Å². The summed E-state index contributed by atoms with van der Waals surface area (Å²) in [5.41, 5.74) is 0.622. The molecule has 0 aromatic heterocycles. The Morgan fingerprint density at radius 1 is 1.38 bits per heavy atom.